The monoisotopic (exact) mass is 1300 g/mol. The van der Waals surface area contributed by atoms with Crippen LogP contribution in [0.1, 0.15) is 23.7 Å². The van der Waals surface area contributed by atoms with E-state index in [1.165, 1.54) is 16.5 Å². The second-order valence-corrected chi connectivity index (χ2v) is 26.3. The van der Waals surface area contributed by atoms with Crippen molar-refractivity contribution in [1.82, 2.24) is 29.9 Å². The Kier molecular flexibility index (Phi) is 13.9. The van der Waals surface area contributed by atoms with Gasteiger partial charge in [-0.25, -0.2) is 29.9 Å². The zero-order chi connectivity index (χ0) is 67.2. The van der Waals surface area contributed by atoms with Crippen molar-refractivity contribution in [3.63, 3.8) is 0 Å². The number of aromatic nitrogens is 6. The standard InChI is InChI=1S/C94H58N6O2/c1-5-19-57(20-6-1)59-35-41-64(42-36-59)91-95-89(62-23-9-3-10-24-62)97-93(98-91)77-31-18-34-83-87(77)85-75(30-17-33-82(85)102-83)80-56-68-27-13-14-28-71(68)74-50-48-67(54-79(74)80)66-47-49-72-69(53-66)45-39-61-40-46-70(55-78(61)72)73-51-52-84-86(76-29-15-16-32-81(76)101-84)88(73)94-99-90(63-25-11-4-12-26-63)96-92(100-94)65-43-37-60(38-44-65)58-21-7-2-8-22-58/h1-43,45-56,65H,44H2. The molecule has 20 rings (SSSR count). The average Bonchev–Trinajstić information content (AvgIpc) is 0.840. The van der Waals surface area contributed by atoms with E-state index in [0.717, 1.165) is 166 Å². The van der Waals surface area contributed by atoms with Gasteiger partial charge < -0.3 is 8.83 Å². The van der Waals surface area contributed by atoms with Crippen molar-refractivity contribution < 1.29 is 8.83 Å². The van der Waals surface area contributed by atoms with Gasteiger partial charge >= 0.3 is 0 Å². The van der Waals surface area contributed by atoms with Crippen LogP contribution < -0.4 is 0 Å². The van der Waals surface area contributed by atoms with Gasteiger partial charge in [0.05, 0.1) is 0 Å². The summed E-state index contributed by atoms with van der Waals surface area (Å²) in [6, 6.07) is 111. The summed E-state index contributed by atoms with van der Waals surface area (Å²) < 4.78 is 13.5. The molecule has 0 amide bonds. The van der Waals surface area contributed by atoms with E-state index in [-0.39, 0.29) is 5.92 Å². The van der Waals surface area contributed by atoms with E-state index in [1.807, 2.05) is 78.9 Å². The number of furan rings is 2. The van der Waals surface area contributed by atoms with Crippen molar-refractivity contribution in [3.05, 3.63) is 345 Å². The molecule has 4 aromatic heterocycles. The number of rotatable bonds is 11. The SMILES string of the molecule is C1=CC(c2nc(-c3ccccc3)nc(-c3c(-c4ccc5ccc6cc(-c7ccc8c(c7)c(-c7cccc9oc%10cccc(-c%11nc(-c%12ccccc%12)nc(-c%12ccc(-c%13ccccc%13)cc%12)n%11)c%10c79)cc7ccccc78)ccc6c5c4)ccc4oc5ccccc5c34)n2)CC=C1c1ccccc1. The van der Waals surface area contributed by atoms with E-state index in [0.29, 0.717) is 29.1 Å². The van der Waals surface area contributed by atoms with E-state index in [4.69, 9.17) is 38.7 Å². The molecule has 1 atom stereocenters. The first-order valence-electron chi connectivity index (χ1n) is 34.6. The van der Waals surface area contributed by atoms with Gasteiger partial charge in [0.1, 0.15) is 28.2 Å². The molecule has 102 heavy (non-hydrogen) atoms. The highest BCUT2D eigenvalue weighted by molar-refractivity contribution is 6.23. The number of fused-ring (bicyclic) bond motifs is 12. The number of allylic oxidation sites excluding steroid dienone is 4. The lowest BCUT2D eigenvalue weighted by Gasteiger charge is -2.18. The van der Waals surface area contributed by atoms with E-state index >= 15 is 0 Å². The van der Waals surface area contributed by atoms with E-state index in [2.05, 4.69) is 255 Å². The minimum Gasteiger partial charge on any atom is -0.456 e. The summed E-state index contributed by atoms with van der Waals surface area (Å²) >= 11 is 0. The fourth-order valence-corrected chi connectivity index (χ4v) is 15.3. The van der Waals surface area contributed by atoms with Gasteiger partial charge in [-0.3, -0.25) is 0 Å². The van der Waals surface area contributed by atoms with Crippen LogP contribution in [0.15, 0.2) is 343 Å². The van der Waals surface area contributed by atoms with Crippen LogP contribution >= 0.6 is 0 Å². The van der Waals surface area contributed by atoms with Crippen LogP contribution in [0.4, 0.5) is 0 Å². The van der Waals surface area contributed by atoms with Crippen LogP contribution in [0.3, 0.4) is 0 Å². The molecule has 0 saturated carbocycles. The Bertz CT molecular complexity index is 6640. The third-order valence-electron chi connectivity index (χ3n) is 20.3. The average molecular weight is 1300 g/mol. The van der Waals surface area contributed by atoms with Crippen molar-refractivity contribution in [3.8, 4) is 101 Å². The second-order valence-electron chi connectivity index (χ2n) is 26.3. The van der Waals surface area contributed by atoms with Crippen molar-refractivity contribution in [2.45, 2.75) is 12.3 Å². The highest BCUT2D eigenvalue weighted by atomic mass is 16.3. The third kappa shape index (κ3) is 10.1. The second kappa shape index (κ2) is 24.2. The lowest BCUT2D eigenvalue weighted by Crippen LogP contribution is -2.09. The van der Waals surface area contributed by atoms with E-state index < -0.39 is 0 Å². The smallest absolute Gasteiger partial charge is 0.165 e. The van der Waals surface area contributed by atoms with Crippen molar-refractivity contribution >= 4 is 92.5 Å². The Morgan fingerprint density at radius 3 is 1.48 bits per heavy atom. The molecule has 8 nitrogen and oxygen atoms in total. The van der Waals surface area contributed by atoms with Gasteiger partial charge in [-0.1, -0.05) is 279 Å². The normalized spacial score (nSPS) is 13.2. The zero-order valence-electron chi connectivity index (χ0n) is 55.0. The van der Waals surface area contributed by atoms with Gasteiger partial charge in [0.2, 0.25) is 0 Å². The molecular weight excluding hydrogens is 1250 g/mol. The first-order valence-corrected chi connectivity index (χ1v) is 34.6. The van der Waals surface area contributed by atoms with Gasteiger partial charge in [-0.15, -0.1) is 0 Å². The first kappa shape index (κ1) is 58.6. The molecule has 0 radical (unpaired) electrons. The van der Waals surface area contributed by atoms with Crippen LogP contribution in [-0.4, -0.2) is 29.9 Å². The number of para-hydroxylation sites is 1. The molecule has 0 spiro atoms. The maximum absolute atomic E-state index is 6.89. The molecule has 476 valence electrons. The molecular formula is C94H58N6O2. The highest BCUT2D eigenvalue weighted by Crippen LogP contribution is 2.48. The van der Waals surface area contributed by atoms with Gasteiger partial charge in [0.15, 0.2) is 29.1 Å². The van der Waals surface area contributed by atoms with Crippen LogP contribution in [0.5, 0.6) is 0 Å². The lowest BCUT2D eigenvalue weighted by atomic mass is 9.88. The topological polar surface area (TPSA) is 104 Å². The Balaban J connectivity index is 0.713. The summed E-state index contributed by atoms with van der Waals surface area (Å²) in [4.78, 5) is 31.9. The highest BCUT2D eigenvalue weighted by Gasteiger charge is 2.27. The zero-order valence-corrected chi connectivity index (χ0v) is 55.0. The fourth-order valence-electron chi connectivity index (χ4n) is 15.3. The maximum atomic E-state index is 6.89. The molecule has 19 aromatic rings. The number of benzene rings is 15. The fraction of sp³-hybridized carbons (Fsp3) is 0.0213. The molecule has 0 saturated heterocycles. The summed E-state index contributed by atoms with van der Waals surface area (Å²) in [5, 5.41) is 13.1. The molecule has 1 unspecified atom stereocenters. The summed E-state index contributed by atoms with van der Waals surface area (Å²) in [5.41, 5.74) is 18.6. The summed E-state index contributed by atoms with van der Waals surface area (Å²) in [6.07, 6.45) is 7.50. The molecule has 4 heterocycles. The van der Waals surface area contributed by atoms with Crippen molar-refractivity contribution in [2.24, 2.45) is 0 Å². The summed E-state index contributed by atoms with van der Waals surface area (Å²) in [5.74, 6) is 3.60. The third-order valence-corrected chi connectivity index (χ3v) is 20.3. The first-order chi connectivity index (χ1) is 50.5. The van der Waals surface area contributed by atoms with Crippen molar-refractivity contribution in [1.29, 1.82) is 0 Å². The predicted molar refractivity (Wildman–Crippen MR) is 418 cm³/mol. The number of nitrogens with zero attached hydrogens (tertiary/aromatic N) is 6. The molecule has 0 N–H and O–H groups in total. The van der Waals surface area contributed by atoms with Gasteiger partial charge in [-0.05, 0) is 160 Å². The number of hydrogen-bond donors (Lipinski definition) is 0. The predicted octanol–water partition coefficient (Wildman–Crippen LogP) is 24.6. The Morgan fingerprint density at radius 1 is 0.255 bits per heavy atom. The Morgan fingerprint density at radius 2 is 0.745 bits per heavy atom. The molecule has 0 aliphatic heterocycles. The summed E-state index contributed by atoms with van der Waals surface area (Å²) in [7, 11) is 0. The molecule has 0 fully saturated rings. The van der Waals surface area contributed by atoms with Gasteiger partial charge in [0, 0.05) is 55.3 Å². The van der Waals surface area contributed by atoms with Crippen LogP contribution in [0, 0.1) is 0 Å². The molecule has 0 bridgehead atoms. The minimum absolute atomic E-state index is 0.0687. The summed E-state index contributed by atoms with van der Waals surface area (Å²) in [6.45, 7) is 0. The molecule has 15 aromatic carbocycles. The van der Waals surface area contributed by atoms with E-state index in [1.54, 1.807) is 0 Å². The lowest BCUT2D eigenvalue weighted by molar-refractivity contribution is 0.668. The van der Waals surface area contributed by atoms with Crippen LogP contribution in [-0.2, 0) is 0 Å². The van der Waals surface area contributed by atoms with E-state index in [9.17, 15) is 0 Å². The Labute approximate surface area is 586 Å². The Hall–Kier alpha value is -13.6. The van der Waals surface area contributed by atoms with Gasteiger partial charge in [0.25, 0.3) is 0 Å². The minimum atomic E-state index is -0.0687. The maximum Gasteiger partial charge on any atom is 0.165 e. The van der Waals surface area contributed by atoms with Crippen molar-refractivity contribution in [2.75, 3.05) is 0 Å². The van der Waals surface area contributed by atoms with Crippen LogP contribution in [0.25, 0.3) is 194 Å². The van der Waals surface area contributed by atoms with Crippen LogP contribution in [0.2, 0.25) is 0 Å². The molecule has 1 aliphatic rings. The largest absolute Gasteiger partial charge is 0.456 e. The molecule has 8 heteroatoms. The quantitative estimate of drug-likeness (QED) is 0.118. The van der Waals surface area contributed by atoms with Gasteiger partial charge in [-0.2, -0.15) is 0 Å². The molecule has 1 aliphatic carbocycles. The number of hydrogen-bond acceptors (Lipinski definition) is 8.